The Morgan fingerprint density at radius 3 is 2.50 bits per heavy atom. The minimum absolute atomic E-state index is 0. The van der Waals surface area contributed by atoms with Gasteiger partial charge in [0.25, 0.3) is 0 Å². The monoisotopic (exact) mass is 238 g/mol. The maximum atomic E-state index is 5.87. The molecule has 0 bridgehead atoms. The summed E-state index contributed by atoms with van der Waals surface area (Å²) in [5, 5.41) is 0. The van der Waals surface area contributed by atoms with Crippen LogP contribution in [0, 0.1) is 0 Å². The summed E-state index contributed by atoms with van der Waals surface area (Å²) in [7, 11) is -1.24. The SMILES string of the molecule is C[Si](C)(C)[O][Ti][C]1=CC=CC1.Cl. The van der Waals surface area contributed by atoms with Gasteiger partial charge in [-0.25, -0.2) is 0 Å². The Labute approximate surface area is 91.2 Å². The maximum Gasteiger partial charge on any atom is -0.147 e. The van der Waals surface area contributed by atoms with Gasteiger partial charge >= 0.3 is 79.0 Å². The van der Waals surface area contributed by atoms with Crippen molar-refractivity contribution in [1.29, 1.82) is 0 Å². The molecule has 0 aromatic heterocycles. The molecule has 0 aromatic rings. The molecule has 68 valence electrons. The van der Waals surface area contributed by atoms with Crippen molar-refractivity contribution >= 4 is 20.7 Å². The van der Waals surface area contributed by atoms with E-state index < -0.39 is 8.32 Å². The van der Waals surface area contributed by atoms with Gasteiger partial charge in [0.1, 0.15) is 0 Å². The van der Waals surface area contributed by atoms with Crippen molar-refractivity contribution in [2.45, 2.75) is 26.1 Å². The van der Waals surface area contributed by atoms with Crippen molar-refractivity contribution in [3.63, 3.8) is 0 Å². The van der Waals surface area contributed by atoms with Crippen LogP contribution in [0.3, 0.4) is 0 Å². The molecule has 1 nitrogen and oxygen atoms in total. The van der Waals surface area contributed by atoms with Gasteiger partial charge in [0.2, 0.25) is 0 Å². The molecule has 0 fully saturated rings. The molecule has 12 heavy (non-hydrogen) atoms. The first-order valence-electron chi connectivity index (χ1n) is 3.88. The normalized spacial score (nSPS) is 15.4. The van der Waals surface area contributed by atoms with Gasteiger partial charge in [-0.1, -0.05) is 0 Å². The number of rotatable bonds is 3. The van der Waals surface area contributed by atoms with E-state index in [2.05, 4.69) is 37.9 Å². The summed E-state index contributed by atoms with van der Waals surface area (Å²) in [6.07, 6.45) is 7.68. The molecule has 1 aliphatic carbocycles. The van der Waals surface area contributed by atoms with E-state index in [1.807, 2.05) is 0 Å². The first kappa shape index (κ1) is 12.7. The Kier molecular flexibility index (Phi) is 5.70. The van der Waals surface area contributed by atoms with Crippen molar-refractivity contribution in [2.75, 3.05) is 0 Å². The molecule has 0 heterocycles. The van der Waals surface area contributed by atoms with Crippen LogP contribution in [0.15, 0.2) is 22.1 Å². The van der Waals surface area contributed by atoms with Gasteiger partial charge in [-0.15, -0.1) is 12.4 Å². The topological polar surface area (TPSA) is 9.23 Å². The minimum atomic E-state index is -1.24. The second kappa shape index (κ2) is 5.40. The van der Waals surface area contributed by atoms with Gasteiger partial charge in [-0.2, -0.15) is 0 Å². The molecular formula is C8H15ClOSiTi. The Bertz CT molecular complexity index is 196. The van der Waals surface area contributed by atoms with Gasteiger partial charge in [-0.3, -0.25) is 0 Å². The third-order valence-corrected chi connectivity index (χ3v) is 6.31. The third kappa shape index (κ3) is 5.33. The summed E-state index contributed by atoms with van der Waals surface area (Å²) in [5.74, 6) is 0. The fourth-order valence-electron chi connectivity index (χ4n) is 0.742. The van der Waals surface area contributed by atoms with Gasteiger partial charge < -0.3 is 0 Å². The van der Waals surface area contributed by atoms with E-state index in [0.717, 1.165) is 6.42 Å². The summed E-state index contributed by atoms with van der Waals surface area (Å²) in [6.45, 7) is 6.75. The molecule has 0 N–H and O–H groups in total. The molecule has 4 heteroatoms. The molecule has 0 saturated carbocycles. The summed E-state index contributed by atoms with van der Waals surface area (Å²) >= 11 is -0.237. The van der Waals surface area contributed by atoms with Crippen molar-refractivity contribution in [2.24, 2.45) is 0 Å². The number of hydrogen-bond acceptors (Lipinski definition) is 1. The van der Waals surface area contributed by atoms with Crippen LogP contribution in [0.25, 0.3) is 0 Å². The first-order chi connectivity index (χ1) is 5.08. The van der Waals surface area contributed by atoms with Crippen molar-refractivity contribution < 1.29 is 22.5 Å². The van der Waals surface area contributed by atoms with E-state index >= 15 is 0 Å². The predicted octanol–water partition coefficient (Wildman–Crippen LogP) is 3.10. The molecule has 0 spiro atoms. The molecule has 1 aliphatic rings. The van der Waals surface area contributed by atoms with Crippen LogP contribution < -0.4 is 0 Å². The zero-order valence-electron chi connectivity index (χ0n) is 7.76. The van der Waals surface area contributed by atoms with Crippen LogP contribution in [-0.2, 0) is 22.5 Å². The first-order valence-corrected chi connectivity index (χ1v) is 8.70. The van der Waals surface area contributed by atoms with Crippen molar-refractivity contribution in [1.82, 2.24) is 0 Å². The molecular weight excluding hydrogens is 223 g/mol. The predicted molar refractivity (Wildman–Crippen MR) is 53.5 cm³/mol. The van der Waals surface area contributed by atoms with Crippen molar-refractivity contribution in [3.05, 3.63) is 22.1 Å². The van der Waals surface area contributed by atoms with E-state index in [9.17, 15) is 0 Å². The van der Waals surface area contributed by atoms with E-state index in [1.165, 1.54) is 3.88 Å². The molecule has 0 amide bonds. The molecule has 0 aliphatic heterocycles. The van der Waals surface area contributed by atoms with Crippen LogP contribution in [0.1, 0.15) is 6.42 Å². The smallest absolute Gasteiger partial charge is 0.147 e. The van der Waals surface area contributed by atoms with E-state index in [4.69, 9.17) is 3.01 Å². The van der Waals surface area contributed by atoms with Crippen LogP contribution in [0.4, 0.5) is 0 Å². The van der Waals surface area contributed by atoms with E-state index in [1.54, 1.807) is 0 Å². The quantitative estimate of drug-likeness (QED) is 0.687. The summed E-state index contributed by atoms with van der Waals surface area (Å²) in [4.78, 5) is 0. The van der Waals surface area contributed by atoms with Gasteiger partial charge in [0.05, 0.1) is 0 Å². The molecule has 0 radical (unpaired) electrons. The standard InChI is InChI=1S/C5H5.C3H9OSi.ClH.Ti/c1-2-4-5-3-1;1-5(2,3)4;;/h1-3H,4H2;1-3H3;1H;/q;-1;;+1. The van der Waals surface area contributed by atoms with E-state index in [0.29, 0.717) is 0 Å². The molecule has 0 saturated heterocycles. The number of allylic oxidation sites excluding steroid dienone is 4. The van der Waals surface area contributed by atoms with Crippen LogP contribution in [0.2, 0.25) is 19.6 Å². The average molecular weight is 239 g/mol. The zero-order valence-corrected chi connectivity index (χ0v) is 11.1. The van der Waals surface area contributed by atoms with Crippen LogP contribution in [0.5, 0.6) is 0 Å². The van der Waals surface area contributed by atoms with Gasteiger partial charge in [0.15, 0.2) is 0 Å². The summed E-state index contributed by atoms with van der Waals surface area (Å²) in [5.41, 5.74) is 0. The second-order valence-electron chi connectivity index (χ2n) is 3.64. The summed E-state index contributed by atoms with van der Waals surface area (Å²) < 4.78 is 7.40. The average Bonchev–Trinajstić information content (AvgIpc) is 2.32. The van der Waals surface area contributed by atoms with Crippen LogP contribution >= 0.6 is 12.4 Å². The second-order valence-corrected chi connectivity index (χ2v) is 10.3. The molecule has 1 rings (SSSR count). The van der Waals surface area contributed by atoms with Gasteiger partial charge in [-0.05, 0) is 0 Å². The Morgan fingerprint density at radius 1 is 1.42 bits per heavy atom. The van der Waals surface area contributed by atoms with Gasteiger partial charge in [0, 0.05) is 0 Å². The fourth-order valence-corrected chi connectivity index (χ4v) is 3.80. The Morgan fingerprint density at radius 2 is 2.08 bits per heavy atom. The molecule has 0 atom stereocenters. The fraction of sp³-hybridized carbons (Fsp3) is 0.500. The third-order valence-electron chi connectivity index (χ3n) is 1.26. The van der Waals surface area contributed by atoms with Crippen LogP contribution in [-0.4, -0.2) is 8.32 Å². The van der Waals surface area contributed by atoms with E-state index in [-0.39, 0.29) is 31.9 Å². The number of halogens is 1. The molecule has 0 aromatic carbocycles. The molecule has 0 unspecified atom stereocenters. The largest absolute Gasteiger partial charge is 0.147 e. The Balaban J connectivity index is 0.00000121. The summed E-state index contributed by atoms with van der Waals surface area (Å²) in [6, 6.07) is 0. The minimum Gasteiger partial charge on any atom is -0.147 e. The van der Waals surface area contributed by atoms with Crippen molar-refractivity contribution in [3.8, 4) is 0 Å². The Hall–Kier alpha value is 0.661. The maximum absolute atomic E-state index is 5.87. The number of hydrogen-bond donors (Lipinski definition) is 0. The zero-order chi connectivity index (χ0) is 8.32.